The molecule has 17 heavy (non-hydrogen) atoms. The fourth-order valence-electron chi connectivity index (χ4n) is 2.51. The van der Waals surface area contributed by atoms with Crippen molar-refractivity contribution in [2.45, 2.75) is 33.6 Å². The van der Waals surface area contributed by atoms with Crippen molar-refractivity contribution in [2.75, 3.05) is 23.7 Å². The highest BCUT2D eigenvalue weighted by Crippen LogP contribution is 2.35. The SMILES string of the molecule is CC(C)(C)C1CCN(c2cc(N)ncn2)CC1. The van der Waals surface area contributed by atoms with Gasteiger partial charge in [0.25, 0.3) is 0 Å². The van der Waals surface area contributed by atoms with Gasteiger partial charge in [-0.2, -0.15) is 0 Å². The zero-order chi connectivity index (χ0) is 12.5. The van der Waals surface area contributed by atoms with Crippen molar-refractivity contribution < 1.29 is 0 Å². The summed E-state index contributed by atoms with van der Waals surface area (Å²) < 4.78 is 0. The number of hydrogen-bond acceptors (Lipinski definition) is 4. The molecule has 1 fully saturated rings. The molecule has 1 aliphatic rings. The number of piperidine rings is 1. The maximum atomic E-state index is 5.68. The third-order valence-corrected chi connectivity index (χ3v) is 3.72. The molecule has 2 heterocycles. The molecular formula is C13H22N4. The standard InChI is InChI=1S/C13H22N4/c1-13(2,3)10-4-6-17(7-5-10)12-8-11(14)15-9-16-12/h8-10H,4-7H2,1-3H3,(H2,14,15,16). The molecule has 0 radical (unpaired) electrons. The predicted octanol–water partition coefficient (Wildman–Crippen LogP) is 2.32. The minimum absolute atomic E-state index is 0.413. The van der Waals surface area contributed by atoms with Crippen LogP contribution in [0.15, 0.2) is 12.4 Å². The van der Waals surface area contributed by atoms with Gasteiger partial charge >= 0.3 is 0 Å². The Hall–Kier alpha value is -1.32. The van der Waals surface area contributed by atoms with E-state index in [1.165, 1.54) is 12.8 Å². The van der Waals surface area contributed by atoms with Crippen LogP contribution in [0.1, 0.15) is 33.6 Å². The van der Waals surface area contributed by atoms with E-state index in [-0.39, 0.29) is 0 Å². The van der Waals surface area contributed by atoms with E-state index >= 15 is 0 Å². The van der Waals surface area contributed by atoms with Gasteiger partial charge in [-0.15, -0.1) is 0 Å². The summed E-state index contributed by atoms with van der Waals surface area (Å²) in [4.78, 5) is 10.5. The normalized spacial score (nSPS) is 18.4. The number of nitrogen functional groups attached to an aromatic ring is 1. The largest absolute Gasteiger partial charge is 0.384 e. The molecule has 1 aromatic heterocycles. The van der Waals surface area contributed by atoms with Crippen LogP contribution in [-0.2, 0) is 0 Å². The van der Waals surface area contributed by atoms with E-state index in [2.05, 4.69) is 35.6 Å². The second kappa shape index (κ2) is 4.51. The summed E-state index contributed by atoms with van der Waals surface area (Å²) >= 11 is 0. The van der Waals surface area contributed by atoms with Gasteiger partial charge in [0.15, 0.2) is 0 Å². The molecule has 4 nitrogen and oxygen atoms in total. The van der Waals surface area contributed by atoms with Gasteiger partial charge in [-0.25, -0.2) is 9.97 Å². The lowest BCUT2D eigenvalue weighted by atomic mass is 9.75. The highest BCUT2D eigenvalue weighted by atomic mass is 15.2. The van der Waals surface area contributed by atoms with E-state index in [9.17, 15) is 0 Å². The average Bonchev–Trinajstić information content (AvgIpc) is 2.28. The van der Waals surface area contributed by atoms with Gasteiger partial charge in [-0.05, 0) is 24.2 Å². The molecule has 1 aromatic rings. The smallest absolute Gasteiger partial charge is 0.134 e. The molecule has 0 saturated carbocycles. The summed E-state index contributed by atoms with van der Waals surface area (Å²) in [7, 11) is 0. The molecule has 2 rings (SSSR count). The molecule has 0 aromatic carbocycles. The first-order valence-electron chi connectivity index (χ1n) is 6.29. The molecule has 1 saturated heterocycles. The number of hydrogen-bond donors (Lipinski definition) is 1. The van der Waals surface area contributed by atoms with Crippen molar-refractivity contribution >= 4 is 11.6 Å². The maximum Gasteiger partial charge on any atom is 0.134 e. The van der Waals surface area contributed by atoms with Crippen LogP contribution in [-0.4, -0.2) is 23.1 Å². The first kappa shape index (κ1) is 12.1. The quantitative estimate of drug-likeness (QED) is 0.810. The first-order chi connectivity index (χ1) is 7.97. The van der Waals surface area contributed by atoms with Gasteiger partial charge in [0.05, 0.1) is 0 Å². The van der Waals surface area contributed by atoms with Crippen LogP contribution >= 0.6 is 0 Å². The fraction of sp³-hybridized carbons (Fsp3) is 0.692. The lowest BCUT2D eigenvalue weighted by molar-refractivity contribution is 0.198. The maximum absolute atomic E-state index is 5.68. The van der Waals surface area contributed by atoms with E-state index < -0.39 is 0 Å². The van der Waals surface area contributed by atoms with Gasteiger partial charge in [0.2, 0.25) is 0 Å². The third kappa shape index (κ3) is 2.87. The molecule has 2 N–H and O–H groups in total. The van der Waals surface area contributed by atoms with E-state index in [4.69, 9.17) is 5.73 Å². The van der Waals surface area contributed by atoms with Gasteiger partial charge in [-0.3, -0.25) is 0 Å². The van der Waals surface area contributed by atoms with Crippen LogP contribution in [0.25, 0.3) is 0 Å². The average molecular weight is 234 g/mol. The van der Waals surface area contributed by atoms with Crippen LogP contribution < -0.4 is 10.6 Å². The Morgan fingerprint density at radius 2 is 1.88 bits per heavy atom. The zero-order valence-electron chi connectivity index (χ0n) is 11.0. The van der Waals surface area contributed by atoms with Gasteiger partial charge in [0, 0.05) is 19.2 Å². The molecule has 0 atom stereocenters. The Balaban J connectivity index is 2.00. The summed E-state index contributed by atoms with van der Waals surface area (Å²) in [6.07, 6.45) is 4.00. The van der Waals surface area contributed by atoms with Crippen LogP contribution in [0.3, 0.4) is 0 Å². The highest BCUT2D eigenvalue weighted by molar-refractivity contribution is 5.46. The highest BCUT2D eigenvalue weighted by Gasteiger charge is 2.29. The second-order valence-electron chi connectivity index (χ2n) is 5.93. The van der Waals surface area contributed by atoms with Gasteiger partial charge in [-0.1, -0.05) is 20.8 Å². The Kier molecular flexibility index (Phi) is 3.22. The molecule has 1 aliphatic heterocycles. The molecule has 0 bridgehead atoms. The Labute approximate surface area is 103 Å². The van der Waals surface area contributed by atoms with Crippen molar-refractivity contribution in [2.24, 2.45) is 11.3 Å². The van der Waals surface area contributed by atoms with Crippen molar-refractivity contribution in [1.29, 1.82) is 0 Å². The number of aromatic nitrogens is 2. The van der Waals surface area contributed by atoms with Gasteiger partial charge < -0.3 is 10.6 Å². The Morgan fingerprint density at radius 3 is 2.41 bits per heavy atom. The van der Waals surface area contributed by atoms with Crippen LogP contribution in [0.5, 0.6) is 0 Å². The molecule has 0 spiro atoms. The summed E-state index contributed by atoms with van der Waals surface area (Å²) in [5.41, 5.74) is 6.10. The van der Waals surface area contributed by atoms with Crippen molar-refractivity contribution in [3.8, 4) is 0 Å². The number of rotatable bonds is 1. The minimum atomic E-state index is 0.413. The molecular weight excluding hydrogens is 212 g/mol. The number of anilines is 2. The van der Waals surface area contributed by atoms with E-state index in [1.807, 2.05) is 6.07 Å². The lowest BCUT2D eigenvalue weighted by Gasteiger charge is -2.39. The Morgan fingerprint density at radius 1 is 1.24 bits per heavy atom. The third-order valence-electron chi connectivity index (χ3n) is 3.72. The Bertz CT molecular complexity index is 375. The van der Waals surface area contributed by atoms with E-state index in [0.717, 1.165) is 24.8 Å². The molecule has 0 amide bonds. The second-order valence-corrected chi connectivity index (χ2v) is 5.93. The van der Waals surface area contributed by atoms with Crippen LogP contribution in [0.2, 0.25) is 0 Å². The summed E-state index contributed by atoms with van der Waals surface area (Å²) in [6.45, 7) is 9.12. The lowest BCUT2D eigenvalue weighted by Crippen LogP contribution is -2.38. The van der Waals surface area contributed by atoms with Gasteiger partial charge in [0.1, 0.15) is 18.0 Å². The summed E-state index contributed by atoms with van der Waals surface area (Å²) in [6, 6.07) is 1.86. The van der Waals surface area contributed by atoms with Crippen LogP contribution in [0.4, 0.5) is 11.6 Å². The predicted molar refractivity (Wildman–Crippen MR) is 70.8 cm³/mol. The van der Waals surface area contributed by atoms with E-state index in [0.29, 0.717) is 11.2 Å². The molecule has 94 valence electrons. The topological polar surface area (TPSA) is 55.0 Å². The zero-order valence-corrected chi connectivity index (χ0v) is 11.0. The molecule has 0 aliphatic carbocycles. The minimum Gasteiger partial charge on any atom is -0.384 e. The fourth-order valence-corrected chi connectivity index (χ4v) is 2.51. The monoisotopic (exact) mass is 234 g/mol. The van der Waals surface area contributed by atoms with E-state index in [1.54, 1.807) is 6.33 Å². The summed E-state index contributed by atoms with van der Waals surface area (Å²) in [5, 5.41) is 0. The number of nitrogens with zero attached hydrogens (tertiary/aromatic N) is 3. The van der Waals surface area contributed by atoms with Crippen molar-refractivity contribution in [3.05, 3.63) is 12.4 Å². The summed E-state index contributed by atoms with van der Waals surface area (Å²) in [5.74, 6) is 2.32. The van der Waals surface area contributed by atoms with Crippen molar-refractivity contribution in [3.63, 3.8) is 0 Å². The molecule has 0 unspecified atom stereocenters. The first-order valence-corrected chi connectivity index (χ1v) is 6.29. The van der Waals surface area contributed by atoms with Crippen molar-refractivity contribution in [1.82, 2.24) is 9.97 Å². The molecule has 4 heteroatoms. The van der Waals surface area contributed by atoms with Crippen LogP contribution in [0, 0.1) is 11.3 Å². The number of nitrogens with two attached hydrogens (primary N) is 1.